The Morgan fingerprint density at radius 3 is 1.01 bits per heavy atom. The van der Waals surface area contributed by atoms with Gasteiger partial charge in [-0.05, 0) is 260 Å². The molecule has 20 nitrogen and oxygen atoms in total. The molecule has 5 aromatic heterocycles. The number of rotatable bonds is 0. The summed E-state index contributed by atoms with van der Waals surface area (Å²) >= 11 is 0. The van der Waals surface area contributed by atoms with Crippen LogP contribution in [-0.2, 0) is 32.7 Å². The predicted octanol–water partition coefficient (Wildman–Crippen LogP) is 21.2. The first-order valence-corrected chi connectivity index (χ1v) is 37.0. The molecule has 5 aliphatic rings. The van der Waals surface area contributed by atoms with Crippen molar-refractivity contribution in [2.45, 2.75) is 130 Å². The van der Waals surface area contributed by atoms with Crippen LogP contribution < -0.4 is 23.4 Å². The third kappa shape index (κ3) is 11.1. The highest BCUT2D eigenvalue weighted by molar-refractivity contribution is 6.00. The van der Waals surface area contributed by atoms with Crippen molar-refractivity contribution in [3.05, 3.63) is 348 Å². The number of nitrogens with zero attached hydrogens (tertiary/aromatic N) is 20. The Labute approximate surface area is 660 Å². The average molecular weight is 1480 g/mol. The van der Waals surface area contributed by atoms with E-state index < -0.39 is 0 Å². The number of aryl methyl sites for hydroxylation is 6. The van der Waals surface area contributed by atoms with Gasteiger partial charge in [0.15, 0.2) is 61.2 Å². The fourth-order valence-corrected chi connectivity index (χ4v) is 17.3. The second-order valence-corrected chi connectivity index (χ2v) is 30.1. The van der Waals surface area contributed by atoms with E-state index >= 15 is 0 Å². The molecule has 0 fully saturated rings. The topological polar surface area (TPSA) is 87.7 Å². The molecular weight excluding hydrogens is 1410 g/mol. The summed E-state index contributed by atoms with van der Waals surface area (Å²) in [6, 6.07) is 30.9. The van der Waals surface area contributed by atoms with Crippen molar-refractivity contribution in [2.75, 3.05) is 0 Å². The lowest BCUT2D eigenvalue weighted by Gasteiger charge is -2.13. The van der Waals surface area contributed by atoms with E-state index in [1.165, 1.54) is 123 Å². The average Bonchev–Trinajstić information content (AvgIpc) is 1.60. The van der Waals surface area contributed by atoms with Gasteiger partial charge < -0.3 is 0 Å². The Bertz CT molecular complexity index is 7440. The van der Waals surface area contributed by atoms with Crippen LogP contribution in [0.4, 0.5) is 56.9 Å². The van der Waals surface area contributed by atoms with E-state index in [0.717, 1.165) is 98.6 Å². The summed E-state index contributed by atoms with van der Waals surface area (Å²) in [7, 11) is 0. The maximum absolute atomic E-state index is 7.55. The lowest BCUT2D eigenvalue weighted by atomic mass is 9.92. The van der Waals surface area contributed by atoms with Crippen LogP contribution in [0.5, 0.6) is 0 Å². The number of aromatic nitrogens is 10. The van der Waals surface area contributed by atoms with E-state index in [1.807, 2.05) is 55.1 Å². The first-order valence-electron chi connectivity index (χ1n) is 37.0. The largest absolute Gasteiger partial charge is 0.239 e. The summed E-state index contributed by atoms with van der Waals surface area (Å²) in [6.07, 6.45) is 10.2. The molecule has 10 aromatic carbocycles. The summed E-state index contributed by atoms with van der Waals surface area (Å²) in [5.41, 5.74) is 40.2. The Balaban J connectivity index is 0.000000107. The van der Waals surface area contributed by atoms with Crippen molar-refractivity contribution < 1.29 is 23.4 Å². The Morgan fingerprint density at radius 2 is 0.561 bits per heavy atom. The van der Waals surface area contributed by atoms with Gasteiger partial charge >= 0.3 is 0 Å². The van der Waals surface area contributed by atoms with Crippen LogP contribution in [0.25, 0.3) is 131 Å². The molecule has 15 aromatic rings. The van der Waals surface area contributed by atoms with Crippen LogP contribution in [-0.4, -0.2) is 23.4 Å². The van der Waals surface area contributed by atoms with E-state index in [2.05, 4.69) is 235 Å². The van der Waals surface area contributed by atoms with Crippen LogP contribution >= 0.6 is 0 Å². The monoisotopic (exact) mass is 1480 g/mol. The van der Waals surface area contributed by atoms with Crippen molar-refractivity contribution in [3.8, 4) is 28.4 Å². The SMILES string of the molecule is [C-]#[N+]c1cc([N+]#[C-])c2c(c1)c[n+]1n2-c2c(C)c(C)c(C)c(C)c2C1.[C-]#[N+]c1cc([N+]#[C-])c2c(c1)c[n+]1n2-c2c(C)c(C)cc(C)c2C1.[C-]#[N+]c1cc([N+]#[C-])c2c(c1)c[n+]1n2-c2c(ccc(C)c2C)C1.[C-]#[N+]c1cc([N+]#[C-])c2c(c1)c[n+]1n2-c2cc(C)c(C)c(C)c2C1.[C-]#[N+]c1cc([N+]#[C-])c2c(c1)c[n+]1n2-c2cc(C)c(C)cc2C1. The molecule has 10 heterocycles. The third-order valence-corrected chi connectivity index (χ3v) is 23.9. The minimum absolute atomic E-state index is 0.517. The molecular formula is C94H73N20+5. The molecule has 0 saturated carbocycles. The zero-order valence-corrected chi connectivity index (χ0v) is 65.6. The molecule has 0 spiro atoms. The van der Waals surface area contributed by atoms with Gasteiger partial charge in [-0.25, -0.2) is 48.5 Å². The van der Waals surface area contributed by atoms with Crippen molar-refractivity contribution in [2.24, 2.45) is 0 Å². The van der Waals surface area contributed by atoms with Crippen molar-refractivity contribution in [1.82, 2.24) is 23.4 Å². The second kappa shape index (κ2) is 27.2. The molecule has 0 amide bonds. The third-order valence-electron chi connectivity index (χ3n) is 23.9. The van der Waals surface area contributed by atoms with Gasteiger partial charge in [0.25, 0.3) is 0 Å². The summed E-state index contributed by atoms with van der Waals surface area (Å²) < 4.78 is 21.4. The summed E-state index contributed by atoms with van der Waals surface area (Å²) in [4.78, 5) is 35.8. The quantitative estimate of drug-likeness (QED) is 0.107. The molecule has 0 saturated heterocycles. The Morgan fingerprint density at radius 1 is 0.237 bits per heavy atom. The molecule has 0 aliphatic carbocycles. The van der Waals surface area contributed by atoms with Gasteiger partial charge in [0, 0.05) is 38.1 Å². The molecule has 20 rings (SSSR count). The van der Waals surface area contributed by atoms with Crippen LogP contribution in [0.15, 0.2) is 128 Å². The van der Waals surface area contributed by atoms with Crippen LogP contribution in [0, 0.1) is 163 Å². The maximum atomic E-state index is 7.55. The van der Waals surface area contributed by atoms with Gasteiger partial charge in [0.1, 0.15) is 56.0 Å². The molecule has 0 N–H and O–H groups in total. The van der Waals surface area contributed by atoms with Crippen LogP contribution in [0.3, 0.4) is 0 Å². The fourth-order valence-electron chi connectivity index (χ4n) is 17.3. The Hall–Kier alpha value is -15.6. The second-order valence-electron chi connectivity index (χ2n) is 30.1. The highest BCUT2D eigenvalue weighted by Crippen LogP contribution is 2.44. The minimum atomic E-state index is 0.517. The number of hydrogen-bond donors (Lipinski definition) is 0. The number of hydrogen-bond acceptors (Lipinski definition) is 0. The van der Waals surface area contributed by atoms with E-state index in [4.69, 9.17) is 65.7 Å². The van der Waals surface area contributed by atoms with Gasteiger partial charge in [-0.15, -0.1) is 46.8 Å². The van der Waals surface area contributed by atoms with Crippen LogP contribution in [0.1, 0.15) is 106 Å². The van der Waals surface area contributed by atoms with Crippen molar-refractivity contribution in [1.29, 1.82) is 0 Å². The van der Waals surface area contributed by atoms with Gasteiger partial charge in [0.05, 0.1) is 82.4 Å². The maximum Gasteiger partial charge on any atom is 0.207 e. The van der Waals surface area contributed by atoms with Gasteiger partial charge in [-0.3, -0.25) is 0 Å². The van der Waals surface area contributed by atoms with Gasteiger partial charge in [-0.1, -0.05) is 12.1 Å². The number of benzene rings is 10. The lowest BCUT2D eigenvalue weighted by Crippen LogP contribution is -2.36. The first-order chi connectivity index (χ1) is 54.8. The summed E-state index contributed by atoms with van der Waals surface area (Å²) in [5.74, 6) is 0. The summed E-state index contributed by atoms with van der Waals surface area (Å²) in [6.45, 7) is 108. The zero-order valence-electron chi connectivity index (χ0n) is 65.6. The molecule has 5 aliphatic heterocycles. The van der Waals surface area contributed by atoms with E-state index in [9.17, 15) is 0 Å². The van der Waals surface area contributed by atoms with Crippen molar-refractivity contribution in [3.63, 3.8) is 0 Å². The standard InChI is InChI=1S/C20H17N4.2C19H15N4.2C18H13N4/c1-11-12(2)14(4)19-17(13(11)3)10-23-9-15-7-16(21-5)8-18(22-6)20(15)24(19)23;1-11-6-18-16(13(3)12(11)2)10-22-9-14-7-15(20-4)8-17(21-5)19(14)23(18)22;1-11-6-12(2)16-10-22-9-14-7-15(20-4)8-17(21-5)19(14)23(22)18(16)13(11)3;1-11-5-13-9-21-10-14-7-15(19-3)8-16(20-4)18(14)22(21)17(13)6-12(11)2;1-11-5-6-13-9-21-10-14-7-15(19-3)8-16(20-4)18(14)22(21)17(13)12(11)2/h7-9H,10H2,1-4H3;2*6-9H,10H2,1-3H3;2*5-8,10H,9H2,1-2H3/q5*+1. The van der Waals surface area contributed by atoms with E-state index in [-0.39, 0.29) is 0 Å². The zero-order chi connectivity index (χ0) is 80.6. The lowest BCUT2D eigenvalue weighted by molar-refractivity contribution is -0.749. The van der Waals surface area contributed by atoms with Gasteiger partial charge in [-0.2, -0.15) is 0 Å². The molecule has 0 radical (unpaired) electrons. The van der Waals surface area contributed by atoms with E-state index in [1.54, 1.807) is 30.3 Å². The van der Waals surface area contributed by atoms with E-state index in [0.29, 0.717) is 56.9 Å². The predicted molar refractivity (Wildman–Crippen MR) is 442 cm³/mol. The van der Waals surface area contributed by atoms with Gasteiger partial charge in [0.2, 0.25) is 59.4 Å². The van der Waals surface area contributed by atoms with Crippen molar-refractivity contribution >= 4 is 111 Å². The first kappa shape index (κ1) is 72.6. The molecule has 544 valence electrons. The number of fused-ring (bicyclic) bond motifs is 25. The highest BCUT2D eigenvalue weighted by Gasteiger charge is 2.38. The molecule has 114 heavy (non-hydrogen) atoms. The highest BCUT2D eigenvalue weighted by atomic mass is 15.5. The summed E-state index contributed by atoms with van der Waals surface area (Å²) in [5, 5.41) is 4.75. The molecule has 0 unspecified atom stereocenters. The normalized spacial score (nSPS) is 11.9. The van der Waals surface area contributed by atoms with Crippen LogP contribution in [0.2, 0.25) is 0 Å². The molecule has 20 heteroatoms. The minimum Gasteiger partial charge on any atom is -0.239 e. The Kier molecular flexibility index (Phi) is 17.4. The fraction of sp³-hybridized carbons (Fsp3) is 0.202. The smallest absolute Gasteiger partial charge is 0.207 e. The molecule has 0 atom stereocenters. The molecule has 0 bridgehead atoms.